The lowest BCUT2D eigenvalue weighted by Crippen LogP contribution is -2.38. The molecule has 1 amide bonds. The van der Waals surface area contributed by atoms with Crippen LogP contribution in [0.3, 0.4) is 0 Å². The lowest BCUT2D eigenvalue weighted by atomic mass is 9.95. The smallest absolute Gasteiger partial charge is 0.261 e. The molecule has 27 heavy (non-hydrogen) atoms. The van der Waals surface area contributed by atoms with Crippen molar-refractivity contribution < 1.29 is 13.2 Å². The van der Waals surface area contributed by atoms with E-state index in [2.05, 4.69) is 10.0 Å². The maximum absolute atomic E-state index is 12.6. The van der Waals surface area contributed by atoms with E-state index in [1.165, 1.54) is 43.5 Å². The summed E-state index contributed by atoms with van der Waals surface area (Å²) in [6, 6.07) is 12.7. The minimum atomic E-state index is -3.74. The Balaban J connectivity index is 1.47. The van der Waals surface area contributed by atoms with Crippen molar-refractivity contribution in [1.82, 2.24) is 5.32 Å². The summed E-state index contributed by atoms with van der Waals surface area (Å²) in [5.74, 6) is 1.18. The molecule has 2 saturated carbocycles. The van der Waals surface area contributed by atoms with Gasteiger partial charge in [0.05, 0.1) is 4.90 Å². The Morgan fingerprint density at radius 3 is 2.48 bits per heavy atom. The van der Waals surface area contributed by atoms with E-state index in [1.807, 2.05) is 0 Å². The third kappa shape index (κ3) is 3.96. The van der Waals surface area contributed by atoms with Gasteiger partial charge in [0, 0.05) is 22.3 Å². The van der Waals surface area contributed by atoms with Gasteiger partial charge in [-0.1, -0.05) is 24.1 Å². The zero-order chi connectivity index (χ0) is 19.0. The highest BCUT2D eigenvalue weighted by atomic mass is 35.5. The largest absolute Gasteiger partial charge is 0.349 e. The maximum atomic E-state index is 12.6. The van der Waals surface area contributed by atoms with Gasteiger partial charge in [-0.3, -0.25) is 9.52 Å². The van der Waals surface area contributed by atoms with Crippen LogP contribution in [-0.4, -0.2) is 20.4 Å². The average Bonchev–Trinajstić information content (AvgIpc) is 3.25. The van der Waals surface area contributed by atoms with Gasteiger partial charge in [-0.15, -0.1) is 0 Å². The standard InChI is InChI=1S/C20H21ClN2O3S/c21-16-6-8-18(9-7-16)27(25,26)23-17-3-1-2-15(12-17)20(24)22-19-11-13-4-5-14(19)10-13/h1-3,6-9,12-14,19,23H,4-5,10-11H2,(H,22,24)/t13-,14-,19-/m1/s1. The molecule has 142 valence electrons. The molecule has 0 unspecified atom stereocenters. The van der Waals surface area contributed by atoms with Gasteiger partial charge in [-0.05, 0) is 73.6 Å². The van der Waals surface area contributed by atoms with Crippen LogP contribution in [0.4, 0.5) is 5.69 Å². The van der Waals surface area contributed by atoms with Gasteiger partial charge in [0.1, 0.15) is 0 Å². The van der Waals surface area contributed by atoms with Crippen molar-refractivity contribution in [2.24, 2.45) is 11.8 Å². The fourth-order valence-electron chi connectivity index (χ4n) is 4.22. The Morgan fingerprint density at radius 2 is 1.81 bits per heavy atom. The molecule has 0 aromatic heterocycles. The Hall–Kier alpha value is -2.05. The van der Waals surface area contributed by atoms with Crippen LogP contribution < -0.4 is 10.0 Å². The minimum Gasteiger partial charge on any atom is -0.349 e. The van der Waals surface area contributed by atoms with Crippen molar-refractivity contribution in [3.63, 3.8) is 0 Å². The first-order chi connectivity index (χ1) is 12.9. The van der Waals surface area contributed by atoms with Crippen molar-refractivity contribution in [3.8, 4) is 0 Å². The van der Waals surface area contributed by atoms with Gasteiger partial charge in [0.2, 0.25) is 0 Å². The van der Waals surface area contributed by atoms with Crippen LogP contribution in [0.25, 0.3) is 0 Å². The number of hydrogen-bond donors (Lipinski definition) is 2. The second-order valence-corrected chi connectivity index (χ2v) is 9.51. The highest BCUT2D eigenvalue weighted by Gasteiger charge is 2.40. The van der Waals surface area contributed by atoms with E-state index >= 15 is 0 Å². The van der Waals surface area contributed by atoms with Crippen LogP contribution in [0.1, 0.15) is 36.0 Å². The minimum absolute atomic E-state index is 0.115. The molecule has 0 aliphatic heterocycles. The predicted octanol–water partition coefficient (Wildman–Crippen LogP) is 4.06. The van der Waals surface area contributed by atoms with Crippen LogP contribution in [0, 0.1) is 11.8 Å². The second-order valence-electron chi connectivity index (χ2n) is 7.40. The molecular formula is C20H21ClN2O3S. The number of benzene rings is 2. The second kappa shape index (κ2) is 7.17. The van der Waals surface area contributed by atoms with Gasteiger partial charge < -0.3 is 5.32 Å². The highest BCUT2D eigenvalue weighted by molar-refractivity contribution is 7.92. The molecule has 7 heteroatoms. The molecule has 2 fully saturated rings. The van der Waals surface area contributed by atoms with Crippen molar-refractivity contribution in [3.05, 3.63) is 59.1 Å². The summed E-state index contributed by atoms with van der Waals surface area (Å²) >= 11 is 5.81. The number of fused-ring (bicyclic) bond motifs is 2. The Morgan fingerprint density at radius 1 is 1.04 bits per heavy atom. The number of amides is 1. The van der Waals surface area contributed by atoms with Gasteiger partial charge in [0.25, 0.3) is 15.9 Å². The summed E-state index contributed by atoms with van der Waals surface area (Å²) in [5.41, 5.74) is 0.805. The van der Waals surface area contributed by atoms with Crippen LogP contribution in [0.2, 0.25) is 5.02 Å². The summed E-state index contributed by atoms with van der Waals surface area (Å²) < 4.78 is 27.5. The number of nitrogens with one attached hydrogen (secondary N) is 2. The molecule has 3 atom stereocenters. The van der Waals surface area contributed by atoms with E-state index in [4.69, 9.17) is 11.6 Å². The Kier molecular flexibility index (Phi) is 4.86. The molecule has 0 radical (unpaired) electrons. The van der Waals surface area contributed by atoms with E-state index in [1.54, 1.807) is 24.3 Å². The summed E-state index contributed by atoms with van der Waals surface area (Å²) in [6.07, 6.45) is 4.74. The van der Waals surface area contributed by atoms with Crippen molar-refractivity contribution in [2.75, 3.05) is 4.72 Å². The number of anilines is 1. The fourth-order valence-corrected chi connectivity index (χ4v) is 5.40. The summed E-state index contributed by atoms with van der Waals surface area (Å²) in [7, 11) is -3.74. The quantitative estimate of drug-likeness (QED) is 0.789. The monoisotopic (exact) mass is 404 g/mol. The molecule has 2 aromatic rings. The molecule has 2 aliphatic carbocycles. The predicted molar refractivity (Wildman–Crippen MR) is 105 cm³/mol. The lowest BCUT2D eigenvalue weighted by molar-refractivity contribution is 0.0923. The zero-order valence-electron chi connectivity index (χ0n) is 14.7. The molecule has 4 rings (SSSR count). The maximum Gasteiger partial charge on any atom is 0.261 e. The van der Waals surface area contributed by atoms with Crippen LogP contribution in [0.5, 0.6) is 0 Å². The number of halogens is 1. The van der Waals surface area contributed by atoms with Crippen molar-refractivity contribution in [2.45, 2.75) is 36.6 Å². The Labute approximate surface area is 164 Å². The lowest BCUT2D eigenvalue weighted by Gasteiger charge is -2.23. The van der Waals surface area contributed by atoms with Crippen molar-refractivity contribution >= 4 is 33.2 Å². The molecule has 2 aliphatic rings. The third-order valence-corrected chi connectivity index (χ3v) is 7.20. The fraction of sp³-hybridized carbons (Fsp3) is 0.350. The van der Waals surface area contributed by atoms with Crippen LogP contribution in [0.15, 0.2) is 53.4 Å². The normalized spacial score (nSPS) is 24.0. The first-order valence-corrected chi connectivity index (χ1v) is 11.0. The molecule has 2 bridgehead atoms. The number of rotatable bonds is 5. The highest BCUT2D eigenvalue weighted by Crippen LogP contribution is 2.44. The van der Waals surface area contributed by atoms with Crippen LogP contribution >= 0.6 is 11.6 Å². The zero-order valence-corrected chi connectivity index (χ0v) is 16.3. The SMILES string of the molecule is O=C(N[C@@H]1C[C@@H]2CC[C@@H]1C2)c1cccc(NS(=O)(=O)c2ccc(Cl)cc2)c1. The number of hydrogen-bond acceptors (Lipinski definition) is 3. The summed E-state index contributed by atoms with van der Waals surface area (Å²) in [5, 5.41) is 3.59. The summed E-state index contributed by atoms with van der Waals surface area (Å²) in [4.78, 5) is 12.7. The molecule has 2 aromatic carbocycles. The van der Waals surface area contributed by atoms with E-state index < -0.39 is 10.0 Å². The number of carbonyl (C=O) groups excluding carboxylic acids is 1. The van der Waals surface area contributed by atoms with Crippen LogP contribution in [-0.2, 0) is 10.0 Å². The molecule has 5 nitrogen and oxygen atoms in total. The topological polar surface area (TPSA) is 75.3 Å². The van der Waals surface area contributed by atoms with Gasteiger partial charge in [-0.25, -0.2) is 8.42 Å². The first-order valence-electron chi connectivity index (χ1n) is 9.10. The Bertz CT molecular complexity index is 959. The molecule has 2 N–H and O–H groups in total. The van der Waals surface area contributed by atoms with E-state index in [0.29, 0.717) is 22.2 Å². The number of sulfonamides is 1. The third-order valence-electron chi connectivity index (χ3n) is 5.56. The van der Waals surface area contributed by atoms with E-state index in [9.17, 15) is 13.2 Å². The average molecular weight is 405 g/mol. The number of carbonyl (C=O) groups is 1. The molecule has 0 heterocycles. The van der Waals surface area contributed by atoms with E-state index in [0.717, 1.165) is 12.3 Å². The van der Waals surface area contributed by atoms with Gasteiger partial charge >= 0.3 is 0 Å². The molecule has 0 saturated heterocycles. The summed E-state index contributed by atoms with van der Waals surface area (Å²) in [6.45, 7) is 0. The molecular weight excluding hydrogens is 384 g/mol. The van der Waals surface area contributed by atoms with Crippen molar-refractivity contribution in [1.29, 1.82) is 0 Å². The first kappa shape index (κ1) is 18.3. The van der Waals surface area contributed by atoms with Gasteiger partial charge in [-0.2, -0.15) is 0 Å². The van der Waals surface area contributed by atoms with E-state index in [-0.39, 0.29) is 16.8 Å². The molecule has 0 spiro atoms. The van der Waals surface area contributed by atoms with Gasteiger partial charge in [0.15, 0.2) is 0 Å².